The highest BCUT2D eigenvalue weighted by molar-refractivity contribution is 7.89. The fourth-order valence-electron chi connectivity index (χ4n) is 2.83. The van der Waals surface area contributed by atoms with Crippen molar-refractivity contribution in [3.63, 3.8) is 0 Å². The Bertz CT molecular complexity index is 401. The summed E-state index contributed by atoms with van der Waals surface area (Å²) in [6.07, 6.45) is 2.86. The molecule has 114 valence electrons. The van der Waals surface area contributed by atoms with Crippen molar-refractivity contribution in [2.24, 2.45) is 11.3 Å². The standard InChI is InChI=1S/C15H31NO2S/c1-12(14(2,3)4)8-9-13-10-11-19(17,18)16(13)15(5,6)7/h12-13H,8-11H2,1-7H3. The summed E-state index contributed by atoms with van der Waals surface area (Å²) in [5.41, 5.74) is -0.00495. The molecule has 0 aromatic carbocycles. The highest BCUT2D eigenvalue weighted by atomic mass is 32.2. The van der Waals surface area contributed by atoms with E-state index in [0.29, 0.717) is 17.1 Å². The van der Waals surface area contributed by atoms with Crippen molar-refractivity contribution in [2.75, 3.05) is 5.75 Å². The fraction of sp³-hybridized carbons (Fsp3) is 1.00. The van der Waals surface area contributed by atoms with E-state index in [-0.39, 0.29) is 11.6 Å². The zero-order valence-electron chi connectivity index (χ0n) is 13.7. The van der Waals surface area contributed by atoms with Gasteiger partial charge in [0.1, 0.15) is 0 Å². The summed E-state index contributed by atoms with van der Waals surface area (Å²) in [6.45, 7) is 15.0. The Labute approximate surface area is 119 Å². The molecule has 1 aliphatic heterocycles. The maximum absolute atomic E-state index is 12.2. The molecule has 1 heterocycles. The number of hydrogen-bond acceptors (Lipinski definition) is 2. The Balaban J connectivity index is 2.74. The number of hydrogen-bond donors (Lipinski definition) is 0. The lowest BCUT2D eigenvalue weighted by Crippen LogP contribution is -2.47. The lowest BCUT2D eigenvalue weighted by atomic mass is 9.78. The normalized spacial score (nSPS) is 26.6. The largest absolute Gasteiger partial charge is 0.214 e. The lowest BCUT2D eigenvalue weighted by molar-refractivity contribution is 0.171. The molecule has 0 spiro atoms. The number of rotatable bonds is 3. The fourth-order valence-corrected chi connectivity index (χ4v) is 5.10. The van der Waals surface area contributed by atoms with Gasteiger partial charge in [-0.2, -0.15) is 4.31 Å². The van der Waals surface area contributed by atoms with E-state index in [9.17, 15) is 8.42 Å². The summed E-state index contributed by atoms with van der Waals surface area (Å²) < 4.78 is 26.1. The van der Waals surface area contributed by atoms with Gasteiger partial charge < -0.3 is 0 Å². The Hall–Kier alpha value is -0.0900. The molecule has 0 saturated carbocycles. The van der Waals surface area contributed by atoms with Gasteiger partial charge in [-0.3, -0.25) is 0 Å². The molecule has 0 aromatic heterocycles. The first-order chi connectivity index (χ1) is 8.36. The summed E-state index contributed by atoms with van der Waals surface area (Å²) in [6, 6.07) is 0.190. The van der Waals surface area contributed by atoms with Crippen LogP contribution >= 0.6 is 0 Å². The summed E-state index contributed by atoms with van der Waals surface area (Å²) in [5.74, 6) is 0.927. The van der Waals surface area contributed by atoms with Gasteiger partial charge in [-0.1, -0.05) is 27.7 Å². The summed E-state index contributed by atoms with van der Waals surface area (Å²) >= 11 is 0. The molecule has 0 radical (unpaired) electrons. The topological polar surface area (TPSA) is 37.4 Å². The average Bonchev–Trinajstić information content (AvgIpc) is 2.47. The molecule has 4 heteroatoms. The molecule has 1 aliphatic rings. The van der Waals surface area contributed by atoms with Gasteiger partial charge in [0.15, 0.2) is 0 Å². The molecule has 0 aromatic rings. The quantitative estimate of drug-likeness (QED) is 0.795. The lowest BCUT2D eigenvalue weighted by Gasteiger charge is -2.36. The van der Waals surface area contributed by atoms with Crippen LogP contribution in [-0.2, 0) is 10.0 Å². The monoisotopic (exact) mass is 289 g/mol. The van der Waals surface area contributed by atoms with Crippen LogP contribution in [0.4, 0.5) is 0 Å². The van der Waals surface area contributed by atoms with Crippen molar-refractivity contribution >= 4 is 10.0 Å². The first kappa shape index (κ1) is 17.0. The van der Waals surface area contributed by atoms with Gasteiger partial charge in [0.05, 0.1) is 5.75 Å². The molecule has 0 aliphatic carbocycles. The van der Waals surface area contributed by atoms with E-state index in [4.69, 9.17) is 0 Å². The molecule has 3 nitrogen and oxygen atoms in total. The van der Waals surface area contributed by atoms with Gasteiger partial charge in [-0.05, 0) is 51.4 Å². The van der Waals surface area contributed by atoms with Gasteiger partial charge in [0.25, 0.3) is 0 Å². The molecular weight excluding hydrogens is 258 g/mol. The Kier molecular flexibility index (Phi) is 4.79. The third-order valence-corrected chi connectivity index (χ3v) is 6.61. The second-order valence-corrected chi connectivity index (χ2v) is 10.0. The van der Waals surface area contributed by atoms with Crippen molar-refractivity contribution in [3.8, 4) is 0 Å². The second-order valence-electron chi connectivity index (χ2n) is 8.07. The molecule has 1 rings (SSSR count). The van der Waals surface area contributed by atoms with E-state index in [1.807, 2.05) is 20.8 Å². The average molecular weight is 289 g/mol. The molecule has 0 amide bonds. The van der Waals surface area contributed by atoms with E-state index in [2.05, 4.69) is 27.7 Å². The van der Waals surface area contributed by atoms with E-state index < -0.39 is 10.0 Å². The van der Waals surface area contributed by atoms with Crippen LogP contribution in [0.2, 0.25) is 0 Å². The van der Waals surface area contributed by atoms with E-state index >= 15 is 0 Å². The van der Waals surface area contributed by atoms with E-state index in [1.165, 1.54) is 0 Å². The third kappa shape index (κ3) is 4.19. The first-order valence-corrected chi connectivity index (χ1v) is 8.99. The minimum Gasteiger partial charge on any atom is -0.212 e. The second kappa shape index (κ2) is 5.36. The van der Waals surface area contributed by atoms with Crippen LogP contribution in [0.3, 0.4) is 0 Å². The van der Waals surface area contributed by atoms with Gasteiger partial charge in [-0.15, -0.1) is 0 Å². The van der Waals surface area contributed by atoms with Crippen molar-refractivity contribution in [3.05, 3.63) is 0 Å². The predicted octanol–water partition coefficient (Wildman–Crippen LogP) is 3.65. The van der Waals surface area contributed by atoms with Crippen molar-refractivity contribution in [1.29, 1.82) is 0 Å². The maximum atomic E-state index is 12.2. The molecular formula is C15H31NO2S. The number of sulfonamides is 1. The summed E-state index contributed by atoms with van der Waals surface area (Å²) in [5, 5.41) is 0. The molecule has 1 saturated heterocycles. The minimum atomic E-state index is -3.04. The maximum Gasteiger partial charge on any atom is 0.214 e. The summed E-state index contributed by atoms with van der Waals surface area (Å²) in [7, 11) is -3.04. The zero-order valence-corrected chi connectivity index (χ0v) is 14.5. The van der Waals surface area contributed by atoms with Crippen LogP contribution < -0.4 is 0 Å². The molecule has 2 unspecified atom stereocenters. The minimum absolute atomic E-state index is 0.190. The first-order valence-electron chi connectivity index (χ1n) is 7.38. The smallest absolute Gasteiger partial charge is 0.212 e. The highest BCUT2D eigenvalue weighted by Gasteiger charge is 2.43. The van der Waals surface area contributed by atoms with E-state index in [1.54, 1.807) is 4.31 Å². The molecule has 19 heavy (non-hydrogen) atoms. The van der Waals surface area contributed by atoms with Crippen LogP contribution in [-0.4, -0.2) is 30.1 Å². The van der Waals surface area contributed by atoms with Crippen LogP contribution in [0.25, 0.3) is 0 Å². The van der Waals surface area contributed by atoms with Crippen LogP contribution in [0, 0.1) is 11.3 Å². The Morgan fingerprint density at radius 3 is 2.11 bits per heavy atom. The van der Waals surface area contributed by atoms with Crippen LogP contribution in [0.5, 0.6) is 0 Å². The highest BCUT2D eigenvalue weighted by Crippen LogP contribution is 2.35. The molecule has 0 N–H and O–H groups in total. The van der Waals surface area contributed by atoms with Crippen molar-refractivity contribution < 1.29 is 8.42 Å². The van der Waals surface area contributed by atoms with Gasteiger partial charge in [-0.25, -0.2) is 8.42 Å². The molecule has 2 atom stereocenters. The van der Waals surface area contributed by atoms with E-state index in [0.717, 1.165) is 19.3 Å². The zero-order chi connectivity index (χ0) is 15.1. The molecule has 0 bridgehead atoms. The predicted molar refractivity (Wildman–Crippen MR) is 81.6 cm³/mol. The van der Waals surface area contributed by atoms with Crippen LogP contribution in [0.1, 0.15) is 67.7 Å². The molecule has 1 fully saturated rings. The number of nitrogens with zero attached hydrogens (tertiary/aromatic N) is 1. The van der Waals surface area contributed by atoms with Gasteiger partial charge in [0, 0.05) is 11.6 Å². The van der Waals surface area contributed by atoms with Crippen LogP contribution in [0.15, 0.2) is 0 Å². The van der Waals surface area contributed by atoms with Gasteiger partial charge >= 0.3 is 0 Å². The Morgan fingerprint density at radius 1 is 1.16 bits per heavy atom. The summed E-state index contributed by atoms with van der Waals surface area (Å²) in [4.78, 5) is 0. The van der Waals surface area contributed by atoms with Crippen molar-refractivity contribution in [1.82, 2.24) is 4.31 Å². The Morgan fingerprint density at radius 2 is 1.68 bits per heavy atom. The third-order valence-electron chi connectivity index (χ3n) is 4.41. The van der Waals surface area contributed by atoms with Gasteiger partial charge in [0.2, 0.25) is 10.0 Å². The van der Waals surface area contributed by atoms with Crippen molar-refractivity contribution in [2.45, 2.75) is 79.3 Å². The SMILES string of the molecule is CC(CCC1CCS(=O)(=O)N1C(C)(C)C)C(C)(C)C.